The number of sulfonamides is 1. The summed E-state index contributed by atoms with van der Waals surface area (Å²) < 4.78 is 35.8. The average Bonchev–Trinajstić information content (AvgIpc) is 2.59. The largest absolute Gasteiger partial charge is 0.466 e. The Morgan fingerprint density at radius 3 is 1.93 bits per heavy atom. The number of nitrogens with one attached hydrogen (secondary N) is 2. The Hall–Kier alpha value is -2.81. The molecule has 1 aliphatic heterocycles. The smallest absolute Gasteiger partial charge is 0.336 e. The molecule has 0 aromatic heterocycles. The second-order valence-electron chi connectivity index (χ2n) is 6.08. The summed E-state index contributed by atoms with van der Waals surface area (Å²) in [5, 5.41) is 3.00. The predicted molar refractivity (Wildman–Crippen MR) is 100 cm³/mol. The van der Waals surface area contributed by atoms with Crippen LogP contribution in [0.5, 0.6) is 0 Å². The lowest BCUT2D eigenvalue weighted by molar-refractivity contribution is -0.137. The molecule has 0 saturated carbocycles. The first-order valence-corrected chi connectivity index (χ1v) is 9.91. The number of dihydropyridines is 1. The first kappa shape index (κ1) is 20.5. The molecule has 27 heavy (non-hydrogen) atoms. The van der Waals surface area contributed by atoms with E-state index in [0.717, 1.165) is 6.26 Å². The highest BCUT2D eigenvalue weighted by Gasteiger charge is 2.38. The fourth-order valence-corrected chi connectivity index (χ4v) is 3.69. The quantitative estimate of drug-likeness (QED) is 0.730. The molecule has 2 rings (SSSR count). The summed E-state index contributed by atoms with van der Waals surface area (Å²) in [4.78, 5) is 25.0. The van der Waals surface area contributed by atoms with Gasteiger partial charge in [0.05, 0.1) is 43.2 Å². The van der Waals surface area contributed by atoms with Gasteiger partial charge in [0.2, 0.25) is 10.0 Å². The zero-order chi connectivity index (χ0) is 20.4. The molecular weight excluding hydrogens is 372 g/mol. The third-order valence-electron chi connectivity index (χ3n) is 4.14. The van der Waals surface area contributed by atoms with Crippen LogP contribution in [0.25, 0.3) is 0 Å². The average molecular weight is 394 g/mol. The minimum Gasteiger partial charge on any atom is -0.466 e. The molecule has 0 spiro atoms. The van der Waals surface area contributed by atoms with Crippen molar-refractivity contribution >= 4 is 27.6 Å². The van der Waals surface area contributed by atoms with Crippen LogP contribution in [0.15, 0.2) is 46.8 Å². The highest BCUT2D eigenvalue weighted by molar-refractivity contribution is 7.92. The number of esters is 2. The summed E-state index contributed by atoms with van der Waals surface area (Å²) in [7, 11) is -1.10. The van der Waals surface area contributed by atoms with Crippen molar-refractivity contribution in [3.8, 4) is 0 Å². The molecule has 2 N–H and O–H groups in total. The molecule has 9 heteroatoms. The molecule has 0 aliphatic carbocycles. The summed E-state index contributed by atoms with van der Waals surface area (Å²) in [6.07, 6.45) is 1.02. The number of methoxy groups -OCH3 is 2. The van der Waals surface area contributed by atoms with E-state index in [1.807, 2.05) is 0 Å². The van der Waals surface area contributed by atoms with Crippen molar-refractivity contribution in [2.45, 2.75) is 19.8 Å². The molecule has 1 aromatic carbocycles. The number of anilines is 1. The van der Waals surface area contributed by atoms with E-state index in [0.29, 0.717) is 17.0 Å². The van der Waals surface area contributed by atoms with Gasteiger partial charge in [-0.15, -0.1) is 0 Å². The molecule has 1 aliphatic rings. The number of carbonyl (C=O) groups excluding carboxylic acids is 2. The number of hydrogen-bond acceptors (Lipinski definition) is 7. The van der Waals surface area contributed by atoms with Crippen molar-refractivity contribution in [2.75, 3.05) is 25.2 Å². The highest BCUT2D eigenvalue weighted by Crippen LogP contribution is 2.42. The number of hydrogen-bond donors (Lipinski definition) is 2. The molecule has 1 aromatic rings. The molecule has 8 nitrogen and oxygen atoms in total. The van der Waals surface area contributed by atoms with Crippen LogP contribution in [0.1, 0.15) is 25.3 Å². The van der Waals surface area contributed by atoms with Gasteiger partial charge in [0.15, 0.2) is 0 Å². The van der Waals surface area contributed by atoms with Gasteiger partial charge in [0.1, 0.15) is 0 Å². The lowest BCUT2D eigenvalue weighted by Gasteiger charge is -2.31. The molecule has 0 atom stereocenters. The van der Waals surface area contributed by atoms with Gasteiger partial charge in [0, 0.05) is 11.4 Å². The van der Waals surface area contributed by atoms with Crippen LogP contribution in [0.3, 0.4) is 0 Å². The van der Waals surface area contributed by atoms with E-state index >= 15 is 0 Å². The van der Waals surface area contributed by atoms with E-state index < -0.39 is 27.9 Å². The Bertz CT molecular complexity index is 908. The van der Waals surface area contributed by atoms with Crippen molar-refractivity contribution in [2.24, 2.45) is 0 Å². The van der Waals surface area contributed by atoms with Crippen molar-refractivity contribution in [3.05, 3.63) is 52.4 Å². The SMILES string of the molecule is COC(=O)C1=C(C)NC(C)=C(C(=O)OC)C1c1ccccc1NS(C)(=O)=O. The summed E-state index contributed by atoms with van der Waals surface area (Å²) in [5.41, 5.74) is 2.11. The van der Waals surface area contributed by atoms with E-state index in [1.165, 1.54) is 14.2 Å². The summed E-state index contributed by atoms with van der Waals surface area (Å²) in [5.74, 6) is -2.13. The van der Waals surface area contributed by atoms with Gasteiger partial charge in [0.25, 0.3) is 0 Å². The Kier molecular flexibility index (Phi) is 5.94. The number of rotatable bonds is 5. The maximum absolute atomic E-state index is 12.5. The third-order valence-corrected chi connectivity index (χ3v) is 4.73. The summed E-state index contributed by atoms with van der Waals surface area (Å²) >= 11 is 0. The van der Waals surface area contributed by atoms with Gasteiger partial charge in [-0.05, 0) is 25.5 Å². The van der Waals surface area contributed by atoms with Crippen molar-refractivity contribution in [1.29, 1.82) is 0 Å². The normalized spacial score (nSPS) is 15.3. The fraction of sp³-hybridized carbons (Fsp3) is 0.333. The molecular formula is C18H22N2O6S. The van der Waals surface area contributed by atoms with Crippen LogP contribution in [0.4, 0.5) is 5.69 Å². The Morgan fingerprint density at radius 2 is 1.48 bits per heavy atom. The molecule has 0 unspecified atom stereocenters. The van der Waals surface area contributed by atoms with Gasteiger partial charge in [-0.25, -0.2) is 18.0 Å². The molecule has 0 fully saturated rings. The Balaban J connectivity index is 2.79. The second-order valence-corrected chi connectivity index (χ2v) is 7.83. The van der Waals surface area contributed by atoms with Crippen molar-refractivity contribution < 1.29 is 27.5 Å². The Labute approximate surface area is 158 Å². The molecule has 1 heterocycles. The number of ether oxygens (including phenoxy) is 2. The fourth-order valence-electron chi connectivity index (χ4n) is 3.11. The molecule has 0 amide bonds. The van der Waals surface area contributed by atoms with E-state index in [2.05, 4.69) is 10.0 Å². The highest BCUT2D eigenvalue weighted by atomic mass is 32.2. The van der Waals surface area contributed by atoms with E-state index in [4.69, 9.17) is 9.47 Å². The second kappa shape index (κ2) is 7.83. The van der Waals surface area contributed by atoms with Crippen LogP contribution < -0.4 is 10.0 Å². The van der Waals surface area contributed by atoms with Gasteiger partial charge >= 0.3 is 11.9 Å². The number of allylic oxidation sites excluding steroid dienone is 2. The molecule has 0 radical (unpaired) electrons. The van der Waals surface area contributed by atoms with Crippen LogP contribution in [0, 0.1) is 0 Å². The topological polar surface area (TPSA) is 111 Å². The standard InChI is InChI=1S/C18H22N2O6S/c1-10-14(17(21)25-3)16(15(11(2)19-10)18(22)26-4)12-8-6-7-9-13(12)20-27(5,23)24/h6-9,16,19-20H,1-5H3. The minimum atomic E-state index is -3.58. The van der Waals surface area contributed by atoms with Gasteiger partial charge in [-0.3, -0.25) is 4.72 Å². The first-order valence-electron chi connectivity index (χ1n) is 8.02. The lowest BCUT2D eigenvalue weighted by atomic mass is 9.80. The monoisotopic (exact) mass is 394 g/mol. The lowest BCUT2D eigenvalue weighted by Crippen LogP contribution is -2.32. The molecule has 0 bridgehead atoms. The zero-order valence-corrected chi connectivity index (χ0v) is 16.6. The van der Waals surface area contributed by atoms with E-state index in [1.54, 1.807) is 38.1 Å². The third kappa shape index (κ3) is 4.30. The molecule has 146 valence electrons. The van der Waals surface area contributed by atoms with Crippen molar-refractivity contribution in [3.63, 3.8) is 0 Å². The number of benzene rings is 1. The van der Waals surface area contributed by atoms with E-state index in [9.17, 15) is 18.0 Å². The van der Waals surface area contributed by atoms with Crippen LogP contribution in [-0.4, -0.2) is 40.8 Å². The van der Waals surface area contributed by atoms with Crippen LogP contribution >= 0.6 is 0 Å². The van der Waals surface area contributed by atoms with E-state index in [-0.39, 0.29) is 16.8 Å². The zero-order valence-electron chi connectivity index (χ0n) is 15.7. The first-order chi connectivity index (χ1) is 12.6. The summed E-state index contributed by atoms with van der Waals surface area (Å²) in [6.45, 7) is 3.37. The maximum Gasteiger partial charge on any atom is 0.336 e. The minimum absolute atomic E-state index is 0.200. The van der Waals surface area contributed by atoms with Crippen LogP contribution in [0.2, 0.25) is 0 Å². The van der Waals surface area contributed by atoms with Gasteiger partial charge in [-0.1, -0.05) is 18.2 Å². The summed E-state index contributed by atoms with van der Waals surface area (Å²) in [6, 6.07) is 6.56. The van der Waals surface area contributed by atoms with Crippen molar-refractivity contribution in [1.82, 2.24) is 5.32 Å². The van der Waals surface area contributed by atoms with Gasteiger partial charge < -0.3 is 14.8 Å². The van der Waals surface area contributed by atoms with Gasteiger partial charge in [-0.2, -0.15) is 0 Å². The molecule has 0 saturated heterocycles. The Morgan fingerprint density at radius 1 is 1.00 bits per heavy atom. The predicted octanol–water partition coefficient (Wildman–Crippen LogP) is 1.64. The number of carbonyl (C=O) groups is 2. The maximum atomic E-state index is 12.5. The van der Waals surface area contributed by atoms with Crippen LogP contribution in [-0.2, 0) is 29.1 Å². The number of para-hydroxylation sites is 1.